The molecule has 1 fully saturated rings. The zero-order chi connectivity index (χ0) is 12.7. The molecule has 0 amide bonds. The Bertz CT molecular complexity index is 558. The van der Waals surface area contributed by atoms with Crippen molar-refractivity contribution >= 4 is 11.0 Å². The molecule has 1 aliphatic carbocycles. The van der Waals surface area contributed by atoms with Crippen molar-refractivity contribution in [1.29, 1.82) is 0 Å². The molecule has 4 heteroatoms. The van der Waals surface area contributed by atoms with E-state index in [9.17, 15) is 0 Å². The first kappa shape index (κ1) is 11.7. The molecule has 2 N–H and O–H groups in total. The first-order valence-electron chi connectivity index (χ1n) is 6.74. The molecule has 0 saturated heterocycles. The van der Waals surface area contributed by atoms with Gasteiger partial charge in [0.25, 0.3) is 0 Å². The van der Waals surface area contributed by atoms with Crippen molar-refractivity contribution in [3.63, 3.8) is 0 Å². The van der Waals surface area contributed by atoms with Crippen LogP contribution in [-0.2, 0) is 0 Å². The van der Waals surface area contributed by atoms with Gasteiger partial charge in [-0.1, -0.05) is 0 Å². The molecule has 4 nitrogen and oxygen atoms in total. The molecule has 0 unspecified atom stereocenters. The fourth-order valence-electron chi connectivity index (χ4n) is 3.05. The predicted octanol–water partition coefficient (Wildman–Crippen LogP) is 2.61. The molecule has 1 aliphatic rings. The van der Waals surface area contributed by atoms with Gasteiger partial charge in [-0.15, -0.1) is 0 Å². The molecule has 2 aromatic heterocycles. The van der Waals surface area contributed by atoms with Crippen LogP contribution < -0.4 is 5.73 Å². The van der Waals surface area contributed by atoms with Gasteiger partial charge in [-0.2, -0.15) is 0 Å². The van der Waals surface area contributed by atoms with Crippen LogP contribution in [0.3, 0.4) is 0 Å². The van der Waals surface area contributed by atoms with E-state index in [-0.39, 0.29) is 0 Å². The van der Waals surface area contributed by atoms with Crippen molar-refractivity contribution in [2.45, 2.75) is 51.1 Å². The summed E-state index contributed by atoms with van der Waals surface area (Å²) >= 11 is 0. The average molecular weight is 244 g/mol. The van der Waals surface area contributed by atoms with Crippen LogP contribution in [0.1, 0.15) is 50.9 Å². The molecule has 0 aliphatic heterocycles. The summed E-state index contributed by atoms with van der Waals surface area (Å²) in [4.78, 5) is 8.96. The normalized spacial score (nSPS) is 24.2. The van der Waals surface area contributed by atoms with Gasteiger partial charge >= 0.3 is 0 Å². The third-order valence-electron chi connectivity index (χ3n) is 3.87. The van der Waals surface area contributed by atoms with Gasteiger partial charge < -0.3 is 10.3 Å². The third-order valence-corrected chi connectivity index (χ3v) is 3.87. The fourth-order valence-corrected chi connectivity index (χ4v) is 3.05. The molecular formula is C14H20N4. The van der Waals surface area contributed by atoms with Crippen LogP contribution in [0.5, 0.6) is 0 Å². The van der Waals surface area contributed by atoms with Gasteiger partial charge in [-0.05, 0) is 39.2 Å². The van der Waals surface area contributed by atoms with Crippen molar-refractivity contribution in [2.75, 3.05) is 0 Å². The average Bonchev–Trinajstić information content (AvgIpc) is 2.91. The molecule has 0 bridgehead atoms. The summed E-state index contributed by atoms with van der Waals surface area (Å²) < 4.78 is 2.35. The van der Waals surface area contributed by atoms with Crippen LogP contribution >= 0.6 is 0 Å². The molecular weight excluding hydrogens is 224 g/mol. The minimum atomic E-state index is 0.341. The minimum absolute atomic E-state index is 0.341. The number of imidazole rings is 1. The maximum Gasteiger partial charge on any atom is 0.113 e. The first-order valence-corrected chi connectivity index (χ1v) is 6.74. The van der Waals surface area contributed by atoms with E-state index >= 15 is 0 Å². The lowest BCUT2D eigenvalue weighted by atomic mass is 10.1. The second-order valence-electron chi connectivity index (χ2n) is 5.57. The highest BCUT2D eigenvalue weighted by Gasteiger charge is 2.28. The molecule has 2 atom stereocenters. The number of nitrogens with two attached hydrogens (primary N) is 1. The van der Waals surface area contributed by atoms with Crippen LogP contribution in [0.25, 0.3) is 11.0 Å². The Hall–Kier alpha value is -1.42. The fraction of sp³-hybridized carbons (Fsp3) is 0.571. The predicted molar refractivity (Wildman–Crippen MR) is 72.5 cm³/mol. The SMILES string of the molecule is CC(C)n1c([C@@H]2CC[C@H](N)C2)nc2cnccc21. The molecule has 2 aromatic rings. The van der Waals surface area contributed by atoms with Gasteiger partial charge in [-0.25, -0.2) is 4.98 Å². The Balaban J connectivity index is 2.13. The Labute approximate surface area is 107 Å². The number of rotatable bonds is 2. The monoisotopic (exact) mass is 244 g/mol. The lowest BCUT2D eigenvalue weighted by molar-refractivity contribution is 0.536. The van der Waals surface area contributed by atoms with E-state index in [0.29, 0.717) is 18.0 Å². The summed E-state index contributed by atoms with van der Waals surface area (Å²) in [5.41, 5.74) is 8.23. The topological polar surface area (TPSA) is 56.7 Å². The van der Waals surface area contributed by atoms with Crippen molar-refractivity contribution in [2.24, 2.45) is 5.73 Å². The smallest absolute Gasteiger partial charge is 0.113 e. The van der Waals surface area contributed by atoms with E-state index in [4.69, 9.17) is 10.7 Å². The molecule has 2 heterocycles. The summed E-state index contributed by atoms with van der Waals surface area (Å²) in [5.74, 6) is 1.70. The van der Waals surface area contributed by atoms with Crippen LogP contribution in [-0.4, -0.2) is 20.6 Å². The number of fused-ring (bicyclic) bond motifs is 1. The maximum atomic E-state index is 6.03. The Morgan fingerprint density at radius 1 is 1.39 bits per heavy atom. The van der Waals surface area contributed by atoms with Gasteiger partial charge in [-0.3, -0.25) is 4.98 Å². The summed E-state index contributed by atoms with van der Waals surface area (Å²) in [6, 6.07) is 2.82. The van der Waals surface area contributed by atoms with Crippen molar-refractivity contribution in [3.8, 4) is 0 Å². The molecule has 0 radical (unpaired) electrons. The standard InChI is InChI=1S/C14H20N4/c1-9(2)18-13-5-6-16-8-12(13)17-14(18)10-3-4-11(15)7-10/h5-6,8-11H,3-4,7,15H2,1-2H3/t10-,11+/m1/s1. The lowest BCUT2D eigenvalue weighted by Crippen LogP contribution is -2.16. The number of aromatic nitrogens is 3. The minimum Gasteiger partial charge on any atom is -0.328 e. The highest BCUT2D eigenvalue weighted by Crippen LogP contribution is 2.35. The van der Waals surface area contributed by atoms with E-state index in [0.717, 1.165) is 24.8 Å². The van der Waals surface area contributed by atoms with Gasteiger partial charge in [0, 0.05) is 24.2 Å². The first-order chi connectivity index (χ1) is 8.66. The van der Waals surface area contributed by atoms with Gasteiger partial charge in [0.15, 0.2) is 0 Å². The zero-order valence-electron chi connectivity index (χ0n) is 11.0. The Morgan fingerprint density at radius 3 is 2.89 bits per heavy atom. The van der Waals surface area contributed by atoms with Gasteiger partial charge in [0.2, 0.25) is 0 Å². The van der Waals surface area contributed by atoms with Gasteiger partial charge in [0.1, 0.15) is 11.3 Å². The van der Waals surface area contributed by atoms with E-state index in [1.165, 1.54) is 11.3 Å². The van der Waals surface area contributed by atoms with E-state index in [1.807, 2.05) is 12.4 Å². The third kappa shape index (κ3) is 1.81. The summed E-state index contributed by atoms with van der Waals surface area (Å²) in [7, 11) is 0. The number of hydrogen-bond donors (Lipinski definition) is 1. The zero-order valence-corrected chi connectivity index (χ0v) is 11.0. The largest absolute Gasteiger partial charge is 0.328 e. The van der Waals surface area contributed by atoms with Crippen LogP contribution in [0.2, 0.25) is 0 Å². The van der Waals surface area contributed by atoms with Crippen molar-refractivity contribution in [1.82, 2.24) is 14.5 Å². The molecule has 3 rings (SSSR count). The van der Waals surface area contributed by atoms with Crippen LogP contribution in [0.15, 0.2) is 18.5 Å². The number of hydrogen-bond acceptors (Lipinski definition) is 3. The highest BCUT2D eigenvalue weighted by molar-refractivity contribution is 5.75. The van der Waals surface area contributed by atoms with E-state index in [2.05, 4.69) is 29.5 Å². The van der Waals surface area contributed by atoms with Crippen molar-refractivity contribution in [3.05, 3.63) is 24.3 Å². The quantitative estimate of drug-likeness (QED) is 0.883. The highest BCUT2D eigenvalue weighted by atomic mass is 15.1. The van der Waals surface area contributed by atoms with Crippen LogP contribution in [0, 0.1) is 0 Å². The van der Waals surface area contributed by atoms with E-state index in [1.54, 1.807) is 0 Å². The molecule has 96 valence electrons. The lowest BCUT2D eigenvalue weighted by Gasteiger charge is -2.16. The molecule has 18 heavy (non-hydrogen) atoms. The Morgan fingerprint density at radius 2 is 2.22 bits per heavy atom. The molecule has 0 aromatic carbocycles. The number of nitrogens with zero attached hydrogens (tertiary/aromatic N) is 3. The Kier molecular flexibility index (Phi) is 2.82. The summed E-state index contributed by atoms with van der Waals surface area (Å²) in [6.45, 7) is 4.42. The molecule has 1 saturated carbocycles. The van der Waals surface area contributed by atoms with Crippen LogP contribution in [0.4, 0.5) is 0 Å². The second-order valence-corrected chi connectivity index (χ2v) is 5.57. The second kappa shape index (κ2) is 4.35. The molecule has 0 spiro atoms. The maximum absolute atomic E-state index is 6.03. The van der Waals surface area contributed by atoms with Crippen molar-refractivity contribution < 1.29 is 0 Å². The summed E-state index contributed by atoms with van der Waals surface area (Å²) in [6.07, 6.45) is 7.03. The summed E-state index contributed by atoms with van der Waals surface area (Å²) in [5, 5.41) is 0. The van der Waals surface area contributed by atoms with E-state index < -0.39 is 0 Å². The van der Waals surface area contributed by atoms with Gasteiger partial charge in [0.05, 0.1) is 11.7 Å². The number of pyridine rings is 1.